The number of hydrogen-bond acceptors (Lipinski definition) is 10. The minimum atomic E-state index is 0.403. The van der Waals surface area contributed by atoms with Crippen LogP contribution in [0.1, 0.15) is 16.7 Å². The molecular weight excluding hydrogens is 576 g/mol. The van der Waals surface area contributed by atoms with Crippen LogP contribution in [0.5, 0.6) is 11.5 Å². The molecule has 0 atom stereocenters. The Morgan fingerprint density at radius 1 is 0.875 bits per heavy atom. The van der Waals surface area contributed by atoms with E-state index in [4.69, 9.17) is 28.9 Å². The summed E-state index contributed by atoms with van der Waals surface area (Å²) in [6.45, 7) is 10.7. The van der Waals surface area contributed by atoms with Crippen molar-refractivity contribution in [2.75, 3.05) is 81.0 Å². The molecule has 0 spiro atoms. The molecule has 2 saturated heterocycles. The van der Waals surface area contributed by atoms with E-state index in [1.165, 1.54) is 11.1 Å². The number of aryl methyl sites for hydroxylation is 2. The third-order valence-corrected chi connectivity index (χ3v) is 6.98. The molecule has 10 nitrogen and oxygen atoms in total. The number of morpholine rings is 2. The van der Waals surface area contributed by atoms with Gasteiger partial charge in [-0.1, -0.05) is 22.0 Å². The highest BCUT2D eigenvalue weighted by atomic mass is 79.9. The van der Waals surface area contributed by atoms with E-state index in [-0.39, 0.29) is 0 Å². The van der Waals surface area contributed by atoms with Crippen LogP contribution in [0.3, 0.4) is 0 Å². The SMILES string of the molecule is Cc1cc(C)cc(OCCOc2ccc(Br)cc2/C=N/Nc2cc(N3CCOCC3)nc(N3CCOCC3)n2)c1. The van der Waals surface area contributed by atoms with E-state index in [9.17, 15) is 0 Å². The first-order chi connectivity index (χ1) is 19.5. The lowest BCUT2D eigenvalue weighted by atomic mass is 10.1. The summed E-state index contributed by atoms with van der Waals surface area (Å²) in [5.74, 6) is 3.70. The molecule has 5 rings (SSSR count). The molecule has 0 bridgehead atoms. The second-order valence-corrected chi connectivity index (χ2v) is 10.6. The first-order valence-electron chi connectivity index (χ1n) is 13.5. The number of hydrogen-bond donors (Lipinski definition) is 1. The molecule has 0 aliphatic carbocycles. The number of benzene rings is 2. The van der Waals surface area contributed by atoms with Gasteiger partial charge in [0.2, 0.25) is 5.95 Å². The number of aromatic nitrogens is 2. The first-order valence-corrected chi connectivity index (χ1v) is 14.3. The largest absolute Gasteiger partial charge is 0.490 e. The van der Waals surface area contributed by atoms with Gasteiger partial charge in [0.25, 0.3) is 0 Å². The second kappa shape index (κ2) is 13.8. The summed E-state index contributed by atoms with van der Waals surface area (Å²) in [7, 11) is 0. The number of ether oxygens (including phenoxy) is 4. The topological polar surface area (TPSA) is 93.6 Å². The zero-order chi connectivity index (χ0) is 27.7. The van der Waals surface area contributed by atoms with Gasteiger partial charge in [-0.15, -0.1) is 0 Å². The third kappa shape index (κ3) is 7.83. The van der Waals surface area contributed by atoms with Crippen molar-refractivity contribution in [3.63, 3.8) is 0 Å². The molecule has 0 amide bonds. The molecule has 2 fully saturated rings. The Balaban J connectivity index is 1.26. The quantitative estimate of drug-likeness (QED) is 0.203. The predicted octanol–water partition coefficient (Wildman–Crippen LogP) is 4.43. The minimum Gasteiger partial charge on any atom is -0.490 e. The lowest BCUT2D eigenvalue weighted by Gasteiger charge is -2.31. The van der Waals surface area contributed by atoms with Crippen LogP contribution in [0.4, 0.5) is 17.6 Å². The van der Waals surface area contributed by atoms with Crippen LogP contribution in [0.15, 0.2) is 52.0 Å². The summed E-state index contributed by atoms with van der Waals surface area (Å²) in [5, 5.41) is 4.50. The van der Waals surface area contributed by atoms with Crippen LogP contribution in [0.2, 0.25) is 0 Å². The van der Waals surface area contributed by atoms with Crippen molar-refractivity contribution in [3.05, 3.63) is 63.6 Å². The molecule has 0 unspecified atom stereocenters. The highest BCUT2D eigenvalue weighted by molar-refractivity contribution is 9.10. The van der Waals surface area contributed by atoms with Gasteiger partial charge in [0.05, 0.1) is 32.6 Å². The number of anilines is 3. The van der Waals surface area contributed by atoms with Gasteiger partial charge >= 0.3 is 0 Å². The van der Waals surface area contributed by atoms with Crippen LogP contribution in [0.25, 0.3) is 0 Å². The standard InChI is InChI=1S/C29H35BrN6O4/c1-21-15-22(2)17-25(16-21)39-13-14-40-26-4-3-24(30)18-23(26)20-31-34-27-19-28(35-5-9-37-10-6-35)33-29(32-27)36-7-11-38-12-8-36/h3-4,15-20H,5-14H2,1-2H3,(H,32,33,34)/b31-20+. The van der Waals surface area contributed by atoms with Crippen molar-refractivity contribution >= 4 is 39.7 Å². The van der Waals surface area contributed by atoms with Gasteiger partial charge in [-0.05, 0) is 55.3 Å². The van der Waals surface area contributed by atoms with E-state index < -0.39 is 0 Å². The van der Waals surface area contributed by atoms with E-state index >= 15 is 0 Å². The molecule has 3 aromatic rings. The van der Waals surface area contributed by atoms with Gasteiger partial charge in [-0.3, -0.25) is 5.43 Å². The van der Waals surface area contributed by atoms with Gasteiger partial charge in [-0.2, -0.15) is 15.1 Å². The molecule has 40 heavy (non-hydrogen) atoms. The minimum absolute atomic E-state index is 0.403. The summed E-state index contributed by atoms with van der Waals surface area (Å²) in [6.07, 6.45) is 1.73. The van der Waals surface area contributed by atoms with Crippen LogP contribution >= 0.6 is 15.9 Å². The summed E-state index contributed by atoms with van der Waals surface area (Å²) in [4.78, 5) is 13.9. The number of halogens is 1. The molecule has 3 heterocycles. The van der Waals surface area contributed by atoms with E-state index in [0.29, 0.717) is 57.2 Å². The van der Waals surface area contributed by atoms with Crippen molar-refractivity contribution in [3.8, 4) is 11.5 Å². The van der Waals surface area contributed by atoms with E-state index in [1.807, 2.05) is 36.4 Å². The molecule has 0 saturated carbocycles. The first kappa shape index (κ1) is 28.1. The van der Waals surface area contributed by atoms with Crippen molar-refractivity contribution in [2.45, 2.75) is 13.8 Å². The molecule has 2 aliphatic rings. The smallest absolute Gasteiger partial charge is 0.229 e. The molecule has 1 N–H and O–H groups in total. The van der Waals surface area contributed by atoms with Crippen LogP contribution < -0.4 is 24.7 Å². The van der Waals surface area contributed by atoms with Crippen molar-refractivity contribution < 1.29 is 18.9 Å². The Morgan fingerprint density at radius 2 is 1.55 bits per heavy atom. The maximum absolute atomic E-state index is 6.05. The molecular formula is C29H35BrN6O4. The highest BCUT2D eigenvalue weighted by Crippen LogP contribution is 2.24. The summed E-state index contributed by atoms with van der Waals surface area (Å²) in [6, 6.07) is 13.9. The van der Waals surface area contributed by atoms with Crippen molar-refractivity contribution in [1.29, 1.82) is 0 Å². The number of nitrogens with zero attached hydrogens (tertiary/aromatic N) is 5. The normalized spacial score (nSPS) is 15.9. The maximum Gasteiger partial charge on any atom is 0.229 e. The van der Waals surface area contributed by atoms with Gasteiger partial charge in [0.15, 0.2) is 5.82 Å². The zero-order valence-electron chi connectivity index (χ0n) is 22.9. The second-order valence-electron chi connectivity index (χ2n) is 9.68. The van der Waals surface area contributed by atoms with Crippen LogP contribution in [-0.2, 0) is 9.47 Å². The maximum atomic E-state index is 6.05. The summed E-state index contributed by atoms with van der Waals surface area (Å²) >= 11 is 3.55. The fourth-order valence-corrected chi connectivity index (χ4v) is 4.96. The Hall–Kier alpha value is -3.41. The number of hydrazone groups is 1. The van der Waals surface area contributed by atoms with E-state index in [1.54, 1.807) is 6.21 Å². The van der Waals surface area contributed by atoms with Gasteiger partial charge in [0, 0.05) is 42.3 Å². The lowest BCUT2D eigenvalue weighted by Crippen LogP contribution is -2.39. The third-order valence-electron chi connectivity index (χ3n) is 6.49. The average molecular weight is 612 g/mol. The van der Waals surface area contributed by atoms with E-state index in [0.717, 1.165) is 47.8 Å². The fraction of sp³-hybridized carbons (Fsp3) is 0.414. The predicted molar refractivity (Wildman–Crippen MR) is 160 cm³/mol. The molecule has 212 valence electrons. The molecule has 11 heteroatoms. The van der Waals surface area contributed by atoms with Gasteiger partial charge in [0.1, 0.15) is 30.5 Å². The van der Waals surface area contributed by atoms with Gasteiger partial charge in [-0.25, -0.2) is 0 Å². The number of rotatable bonds is 10. The van der Waals surface area contributed by atoms with Crippen LogP contribution in [0, 0.1) is 13.8 Å². The average Bonchev–Trinajstić information content (AvgIpc) is 2.96. The summed E-state index contributed by atoms with van der Waals surface area (Å²) < 4.78 is 23.9. The molecule has 2 aromatic carbocycles. The number of nitrogens with one attached hydrogen (secondary N) is 1. The van der Waals surface area contributed by atoms with Gasteiger partial charge < -0.3 is 28.7 Å². The Kier molecular flexibility index (Phi) is 9.69. The fourth-order valence-electron chi connectivity index (χ4n) is 4.59. The Bertz CT molecular complexity index is 1260. The highest BCUT2D eigenvalue weighted by Gasteiger charge is 2.19. The zero-order valence-corrected chi connectivity index (χ0v) is 24.5. The molecule has 1 aromatic heterocycles. The lowest BCUT2D eigenvalue weighted by molar-refractivity contribution is 0.121. The monoisotopic (exact) mass is 610 g/mol. The molecule has 0 radical (unpaired) electrons. The van der Waals surface area contributed by atoms with E-state index in [2.05, 4.69) is 56.2 Å². The molecule has 2 aliphatic heterocycles. The Morgan fingerprint density at radius 3 is 2.27 bits per heavy atom. The van der Waals surface area contributed by atoms with Crippen molar-refractivity contribution in [2.24, 2.45) is 5.10 Å². The van der Waals surface area contributed by atoms with Crippen LogP contribution in [-0.4, -0.2) is 82.0 Å². The van der Waals surface area contributed by atoms with Crippen molar-refractivity contribution in [1.82, 2.24) is 9.97 Å². The Labute approximate surface area is 243 Å². The summed E-state index contributed by atoms with van der Waals surface area (Å²) in [5.41, 5.74) is 6.28.